The zero-order valence-corrected chi connectivity index (χ0v) is 12.6. The fraction of sp³-hybridized carbons (Fsp3) is 0.625. The van der Waals surface area contributed by atoms with Gasteiger partial charge in [-0.25, -0.2) is 0 Å². The molecule has 21 heavy (non-hydrogen) atoms. The van der Waals surface area contributed by atoms with E-state index in [-0.39, 0.29) is 12.7 Å². The monoisotopic (exact) mass is 298 g/mol. The second kappa shape index (κ2) is 11.7. The standard InChI is InChI=1S/C13H18O3.C3H8O2/c14-13(11-6-2-1-3-7-11)16-10-12-8-4-5-9-15-12;1-5-3-2-4/h1-3,6-7,12-14H,4-5,8-10H2;4H,2-3H2,1H3. The van der Waals surface area contributed by atoms with Crippen molar-refractivity contribution < 1.29 is 24.4 Å². The molecule has 1 fully saturated rings. The minimum Gasteiger partial charge on any atom is -0.394 e. The van der Waals surface area contributed by atoms with Crippen molar-refractivity contribution in [3.8, 4) is 0 Å². The molecule has 1 aromatic carbocycles. The van der Waals surface area contributed by atoms with Crippen LogP contribution in [0.5, 0.6) is 0 Å². The van der Waals surface area contributed by atoms with Gasteiger partial charge in [-0.05, 0) is 19.3 Å². The van der Waals surface area contributed by atoms with Crippen molar-refractivity contribution in [2.75, 3.05) is 33.5 Å². The summed E-state index contributed by atoms with van der Waals surface area (Å²) in [5, 5.41) is 17.7. The molecule has 2 atom stereocenters. The highest BCUT2D eigenvalue weighted by Crippen LogP contribution is 2.17. The van der Waals surface area contributed by atoms with Gasteiger partial charge in [0.25, 0.3) is 0 Å². The van der Waals surface area contributed by atoms with Crippen LogP contribution < -0.4 is 0 Å². The lowest BCUT2D eigenvalue weighted by molar-refractivity contribution is -0.140. The van der Waals surface area contributed by atoms with E-state index >= 15 is 0 Å². The number of methoxy groups -OCH3 is 1. The lowest BCUT2D eigenvalue weighted by Gasteiger charge is -2.23. The van der Waals surface area contributed by atoms with Crippen LogP contribution in [0.25, 0.3) is 0 Å². The molecule has 0 radical (unpaired) electrons. The summed E-state index contributed by atoms with van der Waals surface area (Å²) in [5.41, 5.74) is 0.790. The van der Waals surface area contributed by atoms with E-state index < -0.39 is 6.29 Å². The molecule has 2 N–H and O–H groups in total. The molecule has 0 amide bonds. The SMILES string of the molecule is COCCO.OC(OCC1CCCCO1)c1ccccc1. The van der Waals surface area contributed by atoms with Gasteiger partial charge >= 0.3 is 0 Å². The molecule has 0 aliphatic carbocycles. The van der Waals surface area contributed by atoms with E-state index in [1.54, 1.807) is 7.11 Å². The molecule has 2 unspecified atom stereocenters. The minimum atomic E-state index is -0.841. The molecule has 1 saturated heterocycles. The third-order valence-corrected chi connectivity index (χ3v) is 3.09. The predicted octanol–water partition coefficient (Wildman–Crippen LogP) is 1.89. The van der Waals surface area contributed by atoms with E-state index in [9.17, 15) is 5.11 Å². The minimum absolute atomic E-state index is 0.122. The van der Waals surface area contributed by atoms with Crippen LogP contribution in [0.1, 0.15) is 31.1 Å². The fourth-order valence-corrected chi connectivity index (χ4v) is 1.94. The molecule has 0 saturated carbocycles. The zero-order chi connectivity index (χ0) is 15.3. The number of hydrogen-bond acceptors (Lipinski definition) is 5. The molecule has 0 aromatic heterocycles. The third-order valence-electron chi connectivity index (χ3n) is 3.09. The first kappa shape index (κ1) is 18.1. The van der Waals surface area contributed by atoms with Crippen molar-refractivity contribution in [3.63, 3.8) is 0 Å². The van der Waals surface area contributed by atoms with Crippen LogP contribution in [-0.2, 0) is 14.2 Å². The van der Waals surface area contributed by atoms with Gasteiger partial charge in [0.1, 0.15) is 0 Å². The number of hydrogen-bond donors (Lipinski definition) is 2. The average Bonchev–Trinajstić information content (AvgIpc) is 2.56. The highest BCUT2D eigenvalue weighted by atomic mass is 16.6. The van der Waals surface area contributed by atoms with Gasteiger partial charge in [-0.2, -0.15) is 0 Å². The Morgan fingerprint density at radius 3 is 2.57 bits per heavy atom. The van der Waals surface area contributed by atoms with Crippen LogP contribution in [-0.4, -0.2) is 49.9 Å². The van der Waals surface area contributed by atoms with Crippen molar-refractivity contribution in [1.82, 2.24) is 0 Å². The van der Waals surface area contributed by atoms with Gasteiger partial charge < -0.3 is 24.4 Å². The summed E-state index contributed by atoms with van der Waals surface area (Å²) >= 11 is 0. The normalized spacial score (nSPS) is 19.5. The van der Waals surface area contributed by atoms with E-state index in [2.05, 4.69) is 4.74 Å². The van der Waals surface area contributed by atoms with Crippen molar-refractivity contribution in [2.24, 2.45) is 0 Å². The summed E-state index contributed by atoms with van der Waals surface area (Å²) in [4.78, 5) is 0. The van der Waals surface area contributed by atoms with Crippen molar-refractivity contribution in [1.29, 1.82) is 0 Å². The second-order valence-electron chi connectivity index (χ2n) is 4.80. The summed E-state index contributed by atoms with van der Waals surface area (Å²) in [6.45, 7) is 1.85. The summed E-state index contributed by atoms with van der Waals surface area (Å²) in [6, 6.07) is 9.40. The van der Waals surface area contributed by atoms with E-state index in [4.69, 9.17) is 14.6 Å². The first-order chi connectivity index (χ1) is 10.3. The van der Waals surface area contributed by atoms with Gasteiger partial charge in [-0.15, -0.1) is 0 Å². The maximum Gasteiger partial charge on any atom is 0.181 e. The Hall–Kier alpha value is -0.980. The van der Waals surface area contributed by atoms with Crippen LogP contribution in [0.2, 0.25) is 0 Å². The number of ether oxygens (including phenoxy) is 3. The van der Waals surface area contributed by atoms with Crippen LogP contribution in [0.15, 0.2) is 30.3 Å². The molecule has 1 aliphatic rings. The summed E-state index contributed by atoms with van der Waals surface area (Å²) < 4.78 is 15.4. The Labute approximate surface area is 126 Å². The van der Waals surface area contributed by atoms with E-state index in [0.717, 1.165) is 25.0 Å². The second-order valence-corrected chi connectivity index (χ2v) is 4.80. The number of benzene rings is 1. The van der Waals surface area contributed by atoms with E-state index in [1.807, 2.05) is 30.3 Å². The number of aliphatic hydroxyl groups excluding tert-OH is 2. The molecule has 0 bridgehead atoms. The lowest BCUT2D eigenvalue weighted by atomic mass is 10.1. The van der Waals surface area contributed by atoms with Gasteiger partial charge in [0.15, 0.2) is 6.29 Å². The average molecular weight is 298 g/mol. The fourth-order valence-electron chi connectivity index (χ4n) is 1.94. The summed E-state index contributed by atoms with van der Waals surface area (Å²) in [6.07, 6.45) is 2.66. The molecule has 1 aromatic rings. The largest absolute Gasteiger partial charge is 0.394 e. The smallest absolute Gasteiger partial charge is 0.181 e. The van der Waals surface area contributed by atoms with Gasteiger partial charge in [-0.1, -0.05) is 30.3 Å². The molecular formula is C16H26O5. The molecule has 0 spiro atoms. The van der Waals surface area contributed by atoms with Crippen LogP contribution >= 0.6 is 0 Å². The molecule has 2 rings (SSSR count). The Morgan fingerprint density at radius 1 is 1.29 bits per heavy atom. The van der Waals surface area contributed by atoms with E-state index in [0.29, 0.717) is 13.2 Å². The quantitative estimate of drug-likeness (QED) is 0.785. The van der Waals surface area contributed by atoms with Gasteiger partial charge in [0.2, 0.25) is 0 Å². The van der Waals surface area contributed by atoms with Crippen LogP contribution in [0.3, 0.4) is 0 Å². The molecular weight excluding hydrogens is 272 g/mol. The maximum atomic E-state index is 9.77. The lowest BCUT2D eigenvalue weighted by Crippen LogP contribution is -2.25. The first-order valence-corrected chi connectivity index (χ1v) is 7.34. The molecule has 120 valence electrons. The topological polar surface area (TPSA) is 68.2 Å². The Bertz CT molecular complexity index is 336. The van der Waals surface area contributed by atoms with Gasteiger partial charge in [0.05, 0.1) is 25.9 Å². The molecule has 1 aliphatic heterocycles. The summed E-state index contributed by atoms with van der Waals surface area (Å²) in [5.74, 6) is 0. The van der Waals surface area contributed by atoms with E-state index in [1.165, 1.54) is 6.42 Å². The maximum absolute atomic E-state index is 9.77. The Balaban J connectivity index is 0.000000383. The van der Waals surface area contributed by atoms with Crippen LogP contribution in [0, 0.1) is 0 Å². The zero-order valence-electron chi connectivity index (χ0n) is 12.6. The number of rotatable bonds is 6. The highest BCUT2D eigenvalue weighted by molar-refractivity contribution is 5.15. The number of aliphatic hydroxyl groups is 2. The van der Waals surface area contributed by atoms with Crippen molar-refractivity contribution in [3.05, 3.63) is 35.9 Å². The molecule has 5 nitrogen and oxygen atoms in total. The highest BCUT2D eigenvalue weighted by Gasteiger charge is 2.16. The summed E-state index contributed by atoms with van der Waals surface area (Å²) in [7, 11) is 1.55. The predicted molar refractivity (Wildman–Crippen MR) is 79.9 cm³/mol. The molecule has 1 heterocycles. The Morgan fingerprint density at radius 2 is 2.05 bits per heavy atom. The Kier molecular flexibility index (Phi) is 10.0. The van der Waals surface area contributed by atoms with Crippen molar-refractivity contribution in [2.45, 2.75) is 31.7 Å². The first-order valence-electron chi connectivity index (χ1n) is 7.34. The van der Waals surface area contributed by atoms with Gasteiger partial charge in [-0.3, -0.25) is 0 Å². The van der Waals surface area contributed by atoms with Crippen LogP contribution in [0.4, 0.5) is 0 Å². The van der Waals surface area contributed by atoms with Gasteiger partial charge in [0, 0.05) is 19.3 Å². The molecule has 5 heteroatoms. The third kappa shape index (κ3) is 8.14. The van der Waals surface area contributed by atoms with Crippen molar-refractivity contribution >= 4 is 0 Å².